The first-order valence-electron chi connectivity index (χ1n) is 6.62. The summed E-state index contributed by atoms with van der Waals surface area (Å²) in [6, 6.07) is 0. The third kappa shape index (κ3) is 1.76. The molecule has 3 rings (SSSR count). The van der Waals surface area contributed by atoms with E-state index in [0.29, 0.717) is 22.8 Å². The van der Waals surface area contributed by atoms with Crippen LogP contribution >= 0.6 is 0 Å². The highest BCUT2D eigenvalue weighted by Crippen LogP contribution is 2.21. The number of hydrogen-bond donors (Lipinski definition) is 2. The molecule has 1 aliphatic carbocycles. The minimum absolute atomic E-state index is 0.0630. The standard InChI is InChI=1S/C14H17N5O/c1-8-6-12(11(16)7-10(8)15)17-13-9(2)18-4-3-5-19(18)14(13)20/h6-7,15H,3-5,16H2,1-2H3/b15-10?,17-12+. The quantitative estimate of drug-likeness (QED) is 0.753. The van der Waals surface area contributed by atoms with Crippen LogP contribution in [0.4, 0.5) is 5.69 Å². The molecule has 1 aromatic heterocycles. The molecule has 0 radical (unpaired) electrons. The van der Waals surface area contributed by atoms with Gasteiger partial charge in [-0.2, -0.15) is 0 Å². The first-order valence-corrected chi connectivity index (χ1v) is 6.62. The van der Waals surface area contributed by atoms with Gasteiger partial charge in [0.25, 0.3) is 5.56 Å². The highest BCUT2D eigenvalue weighted by Gasteiger charge is 2.21. The van der Waals surface area contributed by atoms with Crippen LogP contribution < -0.4 is 11.3 Å². The van der Waals surface area contributed by atoms with Gasteiger partial charge < -0.3 is 11.1 Å². The van der Waals surface area contributed by atoms with Gasteiger partial charge in [-0.15, -0.1) is 0 Å². The van der Waals surface area contributed by atoms with E-state index in [4.69, 9.17) is 11.1 Å². The number of aromatic nitrogens is 2. The largest absolute Gasteiger partial charge is 0.397 e. The molecule has 104 valence electrons. The van der Waals surface area contributed by atoms with Gasteiger partial charge in [-0.05, 0) is 38.0 Å². The molecule has 1 aliphatic heterocycles. The van der Waals surface area contributed by atoms with E-state index in [1.807, 2.05) is 18.5 Å². The highest BCUT2D eigenvalue weighted by atomic mass is 16.1. The van der Waals surface area contributed by atoms with Crippen molar-refractivity contribution < 1.29 is 0 Å². The molecular formula is C14H17N5O. The molecule has 0 unspecified atom stereocenters. The second kappa shape index (κ2) is 4.33. The number of nitrogens with two attached hydrogens (primary N) is 1. The normalized spacial score (nSPS) is 20.1. The SMILES string of the molecule is CC1=C/C(=N\c2c(C)n3n(c2=O)CCC3)C(N)=CC1=N. The molecule has 2 aliphatic rings. The fourth-order valence-electron chi connectivity index (χ4n) is 2.63. The van der Waals surface area contributed by atoms with Gasteiger partial charge in [0, 0.05) is 13.1 Å². The Morgan fingerprint density at radius 2 is 1.95 bits per heavy atom. The van der Waals surface area contributed by atoms with Crippen LogP contribution in [0, 0.1) is 12.3 Å². The number of nitrogens with zero attached hydrogens (tertiary/aromatic N) is 3. The lowest BCUT2D eigenvalue weighted by Gasteiger charge is -2.10. The summed E-state index contributed by atoms with van der Waals surface area (Å²) in [5.74, 6) is 0. The van der Waals surface area contributed by atoms with Crippen LogP contribution in [-0.4, -0.2) is 20.8 Å². The molecule has 0 bridgehead atoms. The van der Waals surface area contributed by atoms with E-state index < -0.39 is 0 Å². The number of allylic oxidation sites excluding steroid dienone is 3. The summed E-state index contributed by atoms with van der Waals surface area (Å²) in [7, 11) is 0. The minimum Gasteiger partial charge on any atom is -0.397 e. The van der Waals surface area contributed by atoms with Crippen LogP contribution in [0.1, 0.15) is 19.0 Å². The van der Waals surface area contributed by atoms with Gasteiger partial charge in [-0.3, -0.25) is 9.48 Å². The van der Waals surface area contributed by atoms with Crippen LogP contribution in [0.2, 0.25) is 0 Å². The van der Waals surface area contributed by atoms with Gasteiger partial charge in [-0.1, -0.05) is 0 Å². The van der Waals surface area contributed by atoms with E-state index in [2.05, 4.69) is 4.99 Å². The van der Waals surface area contributed by atoms with E-state index in [1.165, 1.54) is 0 Å². The highest BCUT2D eigenvalue weighted by molar-refractivity contribution is 6.22. The van der Waals surface area contributed by atoms with Gasteiger partial charge in [0.2, 0.25) is 0 Å². The first kappa shape index (κ1) is 12.7. The summed E-state index contributed by atoms with van der Waals surface area (Å²) >= 11 is 0. The maximum atomic E-state index is 12.3. The molecule has 0 amide bonds. The molecule has 2 heterocycles. The second-order valence-corrected chi connectivity index (χ2v) is 5.18. The minimum atomic E-state index is -0.0630. The Morgan fingerprint density at radius 1 is 1.25 bits per heavy atom. The Bertz CT molecular complexity index is 757. The number of nitrogens with one attached hydrogen (secondary N) is 1. The van der Waals surface area contributed by atoms with Crippen molar-refractivity contribution in [2.45, 2.75) is 33.4 Å². The van der Waals surface area contributed by atoms with E-state index in [9.17, 15) is 4.79 Å². The number of rotatable bonds is 1. The Labute approximate surface area is 116 Å². The Hall–Kier alpha value is -2.37. The van der Waals surface area contributed by atoms with Crippen LogP contribution in [0.5, 0.6) is 0 Å². The van der Waals surface area contributed by atoms with Crippen molar-refractivity contribution in [1.82, 2.24) is 9.36 Å². The van der Waals surface area contributed by atoms with E-state index in [0.717, 1.165) is 30.8 Å². The van der Waals surface area contributed by atoms with E-state index in [1.54, 1.807) is 16.8 Å². The van der Waals surface area contributed by atoms with Crippen LogP contribution in [0.15, 0.2) is 33.2 Å². The summed E-state index contributed by atoms with van der Waals surface area (Å²) in [6.45, 7) is 5.34. The van der Waals surface area contributed by atoms with Gasteiger partial charge in [-0.25, -0.2) is 9.67 Å². The van der Waals surface area contributed by atoms with Crippen LogP contribution in [0.3, 0.4) is 0 Å². The summed E-state index contributed by atoms with van der Waals surface area (Å²) in [4.78, 5) is 16.8. The van der Waals surface area contributed by atoms with E-state index in [-0.39, 0.29) is 5.56 Å². The molecule has 0 aromatic carbocycles. The monoisotopic (exact) mass is 271 g/mol. The first-order chi connectivity index (χ1) is 9.49. The molecule has 20 heavy (non-hydrogen) atoms. The molecule has 3 N–H and O–H groups in total. The topological polar surface area (TPSA) is 89.2 Å². The van der Waals surface area contributed by atoms with Gasteiger partial charge in [0.05, 0.1) is 22.8 Å². The number of hydrogen-bond acceptors (Lipinski definition) is 4. The van der Waals surface area contributed by atoms with Crippen molar-refractivity contribution in [1.29, 1.82) is 5.41 Å². The zero-order valence-corrected chi connectivity index (χ0v) is 11.6. The molecule has 0 atom stereocenters. The summed E-state index contributed by atoms with van der Waals surface area (Å²) in [6.07, 6.45) is 4.32. The Kier molecular flexibility index (Phi) is 2.74. The fourth-order valence-corrected chi connectivity index (χ4v) is 2.63. The predicted octanol–water partition coefficient (Wildman–Crippen LogP) is 1.26. The zero-order valence-electron chi connectivity index (χ0n) is 11.6. The van der Waals surface area contributed by atoms with Crippen molar-refractivity contribution in [3.05, 3.63) is 39.5 Å². The lowest BCUT2D eigenvalue weighted by atomic mass is 10.0. The molecule has 0 saturated heterocycles. The zero-order chi connectivity index (χ0) is 14.4. The van der Waals surface area contributed by atoms with Gasteiger partial charge in [0.15, 0.2) is 5.69 Å². The maximum Gasteiger partial charge on any atom is 0.292 e. The smallest absolute Gasteiger partial charge is 0.292 e. The summed E-state index contributed by atoms with van der Waals surface area (Å²) in [5, 5.41) is 7.71. The lowest BCUT2D eigenvalue weighted by Crippen LogP contribution is -2.19. The average Bonchev–Trinajstić information content (AvgIpc) is 2.95. The summed E-state index contributed by atoms with van der Waals surface area (Å²) in [5.41, 5.74) is 9.33. The third-order valence-corrected chi connectivity index (χ3v) is 3.80. The fraction of sp³-hybridized carbons (Fsp3) is 0.357. The van der Waals surface area contributed by atoms with Crippen molar-refractivity contribution in [2.75, 3.05) is 0 Å². The van der Waals surface area contributed by atoms with Crippen molar-refractivity contribution in [2.24, 2.45) is 10.7 Å². The molecule has 0 fully saturated rings. The van der Waals surface area contributed by atoms with Crippen molar-refractivity contribution >= 4 is 17.1 Å². The molecule has 6 nitrogen and oxygen atoms in total. The molecule has 1 aromatic rings. The summed E-state index contributed by atoms with van der Waals surface area (Å²) < 4.78 is 3.71. The molecule has 6 heteroatoms. The average molecular weight is 271 g/mol. The lowest BCUT2D eigenvalue weighted by molar-refractivity contribution is 0.582. The predicted molar refractivity (Wildman–Crippen MR) is 78.9 cm³/mol. The van der Waals surface area contributed by atoms with Gasteiger partial charge in [0.1, 0.15) is 0 Å². The molecule has 0 spiro atoms. The van der Waals surface area contributed by atoms with Crippen LogP contribution in [0.25, 0.3) is 0 Å². The Morgan fingerprint density at radius 3 is 2.65 bits per heavy atom. The molecule has 0 saturated carbocycles. The van der Waals surface area contributed by atoms with Gasteiger partial charge >= 0.3 is 0 Å². The number of aliphatic imine (C=N–C) groups is 1. The maximum absolute atomic E-state index is 12.3. The van der Waals surface area contributed by atoms with Crippen LogP contribution in [-0.2, 0) is 13.1 Å². The van der Waals surface area contributed by atoms with E-state index >= 15 is 0 Å². The Balaban J connectivity index is 2.13. The molecular weight excluding hydrogens is 254 g/mol. The third-order valence-electron chi connectivity index (χ3n) is 3.80. The van der Waals surface area contributed by atoms with Crippen molar-refractivity contribution in [3.8, 4) is 0 Å². The second-order valence-electron chi connectivity index (χ2n) is 5.18. The van der Waals surface area contributed by atoms with Crippen molar-refractivity contribution in [3.63, 3.8) is 0 Å². The number of fused-ring (bicyclic) bond motifs is 1.